The number of methoxy groups -OCH3 is 1. The average molecular weight is 355 g/mol. The molecule has 4 heteroatoms. The van der Waals surface area contributed by atoms with Crippen molar-refractivity contribution in [2.75, 3.05) is 7.11 Å². The van der Waals surface area contributed by atoms with Crippen LogP contribution >= 0.6 is 0 Å². The Morgan fingerprint density at radius 3 is 2.41 bits per heavy atom. The van der Waals surface area contributed by atoms with Gasteiger partial charge in [-0.3, -0.25) is 4.98 Å². The van der Waals surface area contributed by atoms with Crippen LogP contribution in [0.15, 0.2) is 67.0 Å². The van der Waals surface area contributed by atoms with Crippen LogP contribution in [-0.2, 0) is 0 Å². The summed E-state index contributed by atoms with van der Waals surface area (Å²) in [5, 5.41) is 1.08. The molecular formula is C23H21N3O. The number of hydrogen-bond acceptors (Lipinski definition) is 4. The summed E-state index contributed by atoms with van der Waals surface area (Å²) in [5.74, 6) is 1.85. The first kappa shape index (κ1) is 17.2. The monoisotopic (exact) mass is 355 g/mol. The highest BCUT2D eigenvalue weighted by Crippen LogP contribution is 2.31. The Labute approximate surface area is 158 Å². The molecule has 0 spiro atoms. The molecule has 2 aromatic carbocycles. The maximum Gasteiger partial charge on any atom is 0.161 e. The molecule has 0 saturated carbocycles. The number of hydrogen-bond donors (Lipinski definition) is 0. The summed E-state index contributed by atoms with van der Waals surface area (Å²) in [6.07, 6.45) is 3.56. The van der Waals surface area contributed by atoms with Gasteiger partial charge in [-0.05, 0) is 53.4 Å². The number of benzene rings is 2. The molecule has 4 nitrogen and oxygen atoms in total. The minimum Gasteiger partial charge on any atom is -0.497 e. The Hall–Kier alpha value is -3.27. The number of nitrogens with zero attached hydrogens (tertiary/aromatic N) is 3. The third-order valence-electron chi connectivity index (χ3n) is 4.59. The molecule has 0 radical (unpaired) electrons. The predicted octanol–water partition coefficient (Wildman–Crippen LogP) is 5.49. The van der Waals surface area contributed by atoms with E-state index >= 15 is 0 Å². The van der Waals surface area contributed by atoms with E-state index in [4.69, 9.17) is 14.7 Å². The molecule has 0 aliphatic carbocycles. The Balaban J connectivity index is 1.89. The highest BCUT2D eigenvalue weighted by Gasteiger charge is 2.13. The lowest BCUT2D eigenvalue weighted by atomic mass is 9.99. The van der Waals surface area contributed by atoms with Crippen LogP contribution in [0.4, 0.5) is 0 Å². The van der Waals surface area contributed by atoms with Gasteiger partial charge in [-0.15, -0.1) is 0 Å². The molecule has 4 rings (SSSR count). The third kappa shape index (κ3) is 3.38. The van der Waals surface area contributed by atoms with Crippen LogP contribution in [0.25, 0.3) is 33.4 Å². The first-order chi connectivity index (χ1) is 13.2. The average Bonchev–Trinajstić information content (AvgIpc) is 2.73. The van der Waals surface area contributed by atoms with E-state index in [-0.39, 0.29) is 5.92 Å². The molecule has 2 heterocycles. The second-order valence-corrected chi connectivity index (χ2v) is 6.79. The van der Waals surface area contributed by atoms with Crippen LogP contribution in [0, 0.1) is 0 Å². The summed E-state index contributed by atoms with van der Waals surface area (Å²) < 4.78 is 5.36. The van der Waals surface area contributed by atoms with E-state index in [2.05, 4.69) is 43.1 Å². The molecule has 0 aliphatic rings. The number of rotatable bonds is 4. The van der Waals surface area contributed by atoms with Crippen molar-refractivity contribution in [3.05, 3.63) is 72.7 Å². The summed E-state index contributed by atoms with van der Waals surface area (Å²) >= 11 is 0. The first-order valence-electron chi connectivity index (χ1n) is 9.02. The summed E-state index contributed by atoms with van der Waals surface area (Å²) in [4.78, 5) is 13.8. The number of aromatic nitrogens is 3. The summed E-state index contributed by atoms with van der Waals surface area (Å²) in [5.41, 5.74) is 5.16. The molecular weight excluding hydrogens is 334 g/mol. The van der Waals surface area contributed by atoms with Gasteiger partial charge in [-0.25, -0.2) is 9.97 Å². The van der Waals surface area contributed by atoms with E-state index in [1.165, 1.54) is 0 Å². The van der Waals surface area contributed by atoms with E-state index < -0.39 is 0 Å². The van der Waals surface area contributed by atoms with Gasteiger partial charge in [-0.2, -0.15) is 0 Å². The molecule has 2 aromatic heterocycles. The van der Waals surface area contributed by atoms with E-state index in [1.807, 2.05) is 30.3 Å². The van der Waals surface area contributed by atoms with Gasteiger partial charge in [-0.1, -0.05) is 32.0 Å². The predicted molar refractivity (Wildman–Crippen MR) is 109 cm³/mol. The van der Waals surface area contributed by atoms with Crippen LogP contribution < -0.4 is 4.74 Å². The second-order valence-electron chi connectivity index (χ2n) is 6.79. The normalized spacial score (nSPS) is 11.1. The van der Waals surface area contributed by atoms with E-state index in [9.17, 15) is 0 Å². The van der Waals surface area contributed by atoms with Gasteiger partial charge < -0.3 is 4.74 Å². The van der Waals surface area contributed by atoms with Crippen molar-refractivity contribution in [3.8, 4) is 28.3 Å². The Kier molecular flexibility index (Phi) is 4.55. The van der Waals surface area contributed by atoms with Crippen molar-refractivity contribution in [1.29, 1.82) is 0 Å². The Bertz CT molecular complexity index is 1090. The zero-order valence-corrected chi connectivity index (χ0v) is 15.7. The standard InChI is InChI=1S/C23H21N3O/c1-15(2)22-20-13-17(16-6-4-8-19(12-16)27-3)9-10-21(20)25-23(26-22)18-7-5-11-24-14-18/h4-15H,1-3H3. The van der Waals surface area contributed by atoms with Crippen molar-refractivity contribution in [1.82, 2.24) is 15.0 Å². The van der Waals surface area contributed by atoms with Crippen LogP contribution in [0.1, 0.15) is 25.5 Å². The van der Waals surface area contributed by atoms with Crippen molar-refractivity contribution in [2.45, 2.75) is 19.8 Å². The van der Waals surface area contributed by atoms with Crippen molar-refractivity contribution in [3.63, 3.8) is 0 Å². The number of fused-ring (bicyclic) bond motifs is 1. The van der Waals surface area contributed by atoms with Gasteiger partial charge in [0.15, 0.2) is 5.82 Å². The number of ether oxygens (including phenoxy) is 1. The highest BCUT2D eigenvalue weighted by molar-refractivity contribution is 5.88. The molecule has 0 aliphatic heterocycles. The maximum absolute atomic E-state index is 5.36. The minimum atomic E-state index is 0.284. The van der Waals surface area contributed by atoms with Gasteiger partial charge in [0.05, 0.1) is 18.3 Å². The van der Waals surface area contributed by atoms with Crippen molar-refractivity contribution in [2.24, 2.45) is 0 Å². The fourth-order valence-corrected chi connectivity index (χ4v) is 3.20. The highest BCUT2D eigenvalue weighted by atomic mass is 16.5. The summed E-state index contributed by atoms with van der Waals surface area (Å²) in [6, 6.07) is 18.3. The first-order valence-corrected chi connectivity index (χ1v) is 9.02. The molecule has 27 heavy (non-hydrogen) atoms. The smallest absolute Gasteiger partial charge is 0.161 e. The SMILES string of the molecule is COc1cccc(-c2ccc3nc(-c4cccnc4)nc(C(C)C)c3c2)c1. The third-order valence-corrected chi connectivity index (χ3v) is 4.59. The van der Waals surface area contributed by atoms with Crippen molar-refractivity contribution >= 4 is 10.9 Å². The molecule has 4 aromatic rings. The number of pyridine rings is 1. The molecule has 0 fully saturated rings. The van der Waals surface area contributed by atoms with E-state index in [0.717, 1.165) is 39.0 Å². The lowest BCUT2D eigenvalue weighted by Crippen LogP contribution is -2.00. The van der Waals surface area contributed by atoms with Gasteiger partial charge in [0, 0.05) is 23.3 Å². The van der Waals surface area contributed by atoms with Crippen LogP contribution in [-0.4, -0.2) is 22.1 Å². The van der Waals surface area contributed by atoms with Crippen molar-refractivity contribution < 1.29 is 4.74 Å². The minimum absolute atomic E-state index is 0.284. The summed E-state index contributed by atoms with van der Waals surface area (Å²) in [6.45, 7) is 4.32. The molecule has 0 atom stereocenters. The van der Waals surface area contributed by atoms with Crippen LogP contribution in [0.5, 0.6) is 5.75 Å². The Morgan fingerprint density at radius 2 is 1.67 bits per heavy atom. The van der Waals surface area contributed by atoms with Crippen LogP contribution in [0.3, 0.4) is 0 Å². The molecule has 0 unspecified atom stereocenters. The molecule has 0 saturated heterocycles. The zero-order chi connectivity index (χ0) is 18.8. The van der Waals surface area contributed by atoms with Gasteiger partial charge in [0.25, 0.3) is 0 Å². The molecule has 134 valence electrons. The zero-order valence-electron chi connectivity index (χ0n) is 15.7. The van der Waals surface area contributed by atoms with Crippen LogP contribution in [0.2, 0.25) is 0 Å². The molecule has 0 bridgehead atoms. The van der Waals surface area contributed by atoms with Gasteiger partial charge in [0.1, 0.15) is 5.75 Å². The topological polar surface area (TPSA) is 47.9 Å². The quantitative estimate of drug-likeness (QED) is 0.485. The largest absolute Gasteiger partial charge is 0.497 e. The van der Waals surface area contributed by atoms with E-state index in [0.29, 0.717) is 5.82 Å². The lowest BCUT2D eigenvalue weighted by molar-refractivity contribution is 0.415. The maximum atomic E-state index is 5.36. The van der Waals surface area contributed by atoms with Gasteiger partial charge in [0.2, 0.25) is 0 Å². The second kappa shape index (κ2) is 7.16. The van der Waals surface area contributed by atoms with E-state index in [1.54, 1.807) is 19.5 Å². The molecule has 0 N–H and O–H groups in total. The Morgan fingerprint density at radius 1 is 0.852 bits per heavy atom. The summed E-state index contributed by atoms with van der Waals surface area (Å²) in [7, 11) is 1.68. The molecule has 0 amide bonds. The fourth-order valence-electron chi connectivity index (χ4n) is 3.20. The fraction of sp³-hybridized carbons (Fsp3) is 0.174. The van der Waals surface area contributed by atoms with Gasteiger partial charge >= 0.3 is 0 Å². The lowest BCUT2D eigenvalue weighted by Gasteiger charge is -2.13.